The highest BCUT2D eigenvalue weighted by Crippen LogP contribution is 2.14. The zero-order valence-corrected chi connectivity index (χ0v) is 13.7. The molecule has 1 saturated heterocycles. The van der Waals surface area contributed by atoms with Crippen LogP contribution in [0.3, 0.4) is 0 Å². The molecule has 1 unspecified atom stereocenters. The first-order valence-corrected chi connectivity index (χ1v) is 7.92. The Balaban J connectivity index is 1.82. The zero-order chi connectivity index (χ0) is 16.8. The van der Waals surface area contributed by atoms with Gasteiger partial charge in [-0.2, -0.15) is 0 Å². The molecule has 3 N–H and O–H groups in total. The van der Waals surface area contributed by atoms with E-state index in [9.17, 15) is 9.59 Å². The second-order valence-corrected chi connectivity index (χ2v) is 6.00. The number of hydrogen-bond acceptors (Lipinski definition) is 4. The lowest BCUT2D eigenvalue weighted by atomic mass is 10.0. The third kappa shape index (κ3) is 4.77. The summed E-state index contributed by atoms with van der Waals surface area (Å²) in [6, 6.07) is 7.01. The van der Waals surface area contributed by atoms with Crippen molar-refractivity contribution in [1.82, 2.24) is 10.2 Å². The van der Waals surface area contributed by atoms with Gasteiger partial charge in [-0.3, -0.25) is 9.59 Å². The fourth-order valence-corrected chi connectivity index (χ4v) is 2.67. The van der Waals surface area contributed by atoms with Crippen LogP contribution in [0.25, 0.3) is 0 Å². The number of nitrogens with two attached hydrogens (primary N) is 1. The zero-order valence-electron chi connectivity index (χ0n) is 13.7. The molecule has 0 aromatic heterocycles. The van der Waals surface area contributed by atoms with Crippen molar-refractivity contribution in [1.29, 1.82) is 0 Å². The molecule has 2 rings (SSSR count). The van der Waals surface area contributed by atoms with Gasteiger partial charge in [0.05, 0.1) is 6.61 Å². The van der Waals surface area contributed by atoms with E-state index >= 15 is 0 Å². The molecule has 1 heterocycles. The average Bonchev–Trinajstić information content (AvgIpc) is 2.56. The number of nitrogens with one attached hydrogen (secondary N) is 1. The Bertz CT molecular complexity index is 537. The Labute approximate surface area is 137 Å². The van der Waals surface area contributed by atoms with E-state index in [2.05, 4.69) is 5.32 Å². The molecule has 0 saturated carbocycles. The second-order valence-electron chi connectivity index (χ2n) is 6.00. The lowest BCUT2D eigenvalue weighted by Gasteiger charge is -2.33. The van der Waals surface area contributed by atoms with Gasteiger partial charge in [0.15, 0.2) is 0 Å². The number of hydrogen-bond donors (Lipinski definition) is 2. The van der Waals surface area contributed by atoms with E-state index in [-0.39, 0.29) is 24.5 Å². The van der Waals surface area contributed by atoms with Crippen molar-refractivity contribution in [3.8, 4) is 0 Å². The van der Waals surface area contributed by atoms with Gasteiger partial charge in [-0.05, 0) is 31.9 Å². The average molecular weight is 319 g/mol. The van der Waals surface area contributed by atoms with Crippen LogP contribution in [0.4, 0.5) is 0 Å². The number of methoxy groups -OCH3 is 1. The number of rotatable bonds is 5. The third-order valence-corrected chi connectivity index (χ3v) is 4.11. The molecular weight excluding hydrogens is 294 g/mol. The summed E-state index contributed by atoms with van der Waals surface area (Å²) in [6.45, 7) is 3.47. The van der Waals surface area contributed by atoms with Crippen molar-refractivity contribution in [2.75, 3.05) is 26.8 Å². The molecular formula is C17H25N3O3. The minimum absolute atomic E-state index is 0.0471. The van der Waals surface area contributed by atoms with Gasteiger partial charge in [0.2, 0.25) is 5.91 Å². The van der Waals surface area contributed by atoms with Gasteiger partial charge in [0, 0.05) is 31.8 Å². The van der Waals surface area contributed by atoms with Crippen molar-refractivity contribution in [3.63, 3.8) is 0 Å². The standard InChI is InChI=1S/C17H25N3O3/c1-12-3-5-13(6-4-12)17(22)20-9-7-14(8-10-20)19-16(21)15(18)11-23-2/h3-6,14-15H,7-11,18H2,1-2H3,(H,19,21). The van der Waals surface area contributed by atoms with Crippen molar-refractivity contribution in [2.24, 2.45) is 5.73 Å². The smallest absolute Gasteiger partial charge is 0.253 e. The van der Waals surface area contributed by atoms with Gasteiger partial charge < -0.3 is 20.7 Å². The minimum Gasteiger partial charge on any atom is -0.383 e. The number of carbonyl (C=O) groups excluding carboxylic acids is 2. The predicted molar refractivity (Wildman–Crippen MR) is 88.1 cm³/mol. The number of piperidine rings is 1. The molecule has 0 aliphatic carbocycles. The molecule has 6 nitrogen and oxygen atoms in total. The maximum absolute atomic E-state index is 12.4. The molecule has 1 aliphatic heterocycles. The Morgan fingerprint density at radius 1 is 1.30 bits per heavy atom. The monoisotopic (exact) mass is 319 g/mol. The first kappa shape index (κ1) is 17.4. The molecule has 1 fully saturated rings. The van der Waals surface area contributed by atoms with Gasteiger partial charge >= 0.3 is 0 Å². The van der Waals surface area contributed by atoms with Gasteiger partial charge in [-0.15, -0.1) is 0 Å². The summed E-state index contributed by atoms with van der Waals surface area (Å²) in [7, 11) is 1.52. The molecule has 0 spiro atoms. The molecule has 6 heteroatoms. The predicted octanol–water partition coefficient (Wildman–Crippen LogP) is 0.690. The summed E-state index contributed by atoms with van der Waals surface area (Å²) in [5.74, 6) is -0.152. The van der Waals surface area contributed by atoms with Crippen LogP contribution in [-0.4, -0.2) is 55.6 Å². The van der Waals surface area contributed by atoms with Crippen LogP contribution in [-0.2, 0) is 9.53 Å². The van der Waals surface area contributed by atoms with Crippen LogP contribution >= 0.6 is 0 Å². The summed E-state index contributed by atoms with van der Waals surface area (Å²) in [5, 5.41) is 2.93. The van der Waals surface area contributed by atoms with Gasteiger partial charge in [-0.1, -0.05) is 17.7 Å². The number of nitrogens with zero attached hydrogens (tertiary/aromatic N) is 1. The molecule has 126 valence electrons. The van der Waals surface area contributed by atoms with Crippen LogP contribution in [0.15, 0.2) is 24.3 Å². The second kappa shape index (κ2) is 8.08. The first-order chi connectivity index (χ1) is 11.0. The highest BCUT2D eigenvalue weighted by atomic mass is 16.5. The largest absolute Gasteiger partial charge is 0.383 e. The summed E-state index contributed by atoms with van der Waals surface area (Å²) in [5.41, 5.74) is 7.55. The lowest BCUT2D eigenvalue weighted by molar-refractivity contribution is -0.124. The summed E-state index contributed by atoms with van der Waals surface area (Å²) in [4.78, 5) is 26.1. The maximum atomic E-state index is 12.4. The van der Waals surface area contributed by atoms with Crippen molar-refractivity contribution < 1.29 is 14.3 Å². The van der Waals surface area contributed by atoms with Crippen LogP contribution in [0.5, 0.6) is 0 Å². The van der Waals surface area contributed by atoms with Crippen LogP contribution < -0.4 is 11.1 Å². The third-order valence-electron chi connectivity index (χ3n) is 4.11. The quantitative estimate of drug-likeness (QED) is 0.836. The van der Waals surface area contributed by atoms with E-state index < -0.39 is 6.04 Å². The van der Waals surface area contributed by atoms with Gasteiger partial charge in [-0.25, -0.2) is 0 Å². The normalized spacial score (nSPS) is 16.9. The van der Waals surface area contributed by atoms with E-state index in [0.29, 0.717) is 18.7 Å². The van der Waals surface area contributed by atoms with Crippen LogP contribution in [0.1, 0.15) is 28.8 Å². The topological polar surface area (TPSA) is 84.7 Å². The molecule has 1 atom stereocenters. The Kier molecular flexibility index (Phi) is 6.12. The summed E-state index contributed by atoms with van der Waals surface area (Å²) < 4.78 is 4.88. The number of ether oxygens (including phenoxy) is 1. The van der Waals surface area contributed by atoms with E-state index in [0.717, 1.165) is 18.4 Å². The molecule has 0 bridgehead atoms. The fraction of sp³-hybridized carbons (Fsp3) is 0.529. The lowest BCUT2D eigenvalue weighted by Crippen LogP contribution is -2.51. The Hall–Kier alpha value is -1.92. The van der Waals surface area contributed by atoms with E-state index in [1.807, 2.05) is 36.1 Å². The molecule has 1 aromatic carbocycles. The highest BCUT2D eigenvalue weighted by molar-refractivity contribution is 5.94. The van der Waals surface area contributed by atoms with Crippen molar-refractivity contribution in [2.45, 2.75) is 31.8 Å². The minimum atomic E-state index is -0.646. The van der Waals surface area contributed by atoms with Crippen molar-refractivity contribution >= 4 is 11.8 Å². The van der Waals surface area contributed by atoms with Crippen LogP contribution in [0.2, 0.25) is 0 Å². The van der Waals surface area contributed by atoms with Crippen LogP contribution in [0, 0.1) is 6.92 Å². The maximum Gasteiger partial charge on any atom is 0.253 e. The molecule has 23 heavy (non-hydrogen) atoms. The number of amides is 2. The summed E-state index contributed by atoms with van der Waals surface area (Å²) in [6.07, 6.45) is 1.48. The molecule has 0 radical (unpaired) electrons. The molecule has 1 aliphatic rings. The van der Waals surface area contributed by atoms with E-state index in [1.165, 1.54) is 7.11 Å². The number of carbonyl (C=O) groups is 2. The van der Waals surface area contributed by atoms with Gasteiger partial charge in [0.25, 0.3) is 5.91 Å². The van der Waals surface area contributed by atoms with E-state index in [1.54, 1.807) is 0 Å². The number of likely N-dealkylation sites (tertiary alicyclic amines) is 1. The Morgan fingerprint density at radius 3 is 2.48 bits per heavy atom. The van der Waals surface area contributed by atoms with E-state index in [4.69, 9.17) is 10.5 Å². The first-order valence-electron chi connectivity index (χ1n) is 7.92. The Morgan fingerprint density at radius 2 is 1.91 bits per heavy atom. The van der Waals surface area contributed by atoms with Crippen molar-refractivity contribution in [3.05, 3.63) is 35.4 Å². The van der Waals surface area contributed by atoms with Gasteiger partial charge in [0.1, 0.15) is 6.04 Å². The number of benzene rings is 1. The molecule has 2 amide bonds. The summed E-state index contributed by atoms with van der Waals surface area (Å²) >= 11 is 0. The molecule has 1 aromatic rings. The fourth-order valence-electron chi connectivity index (χ4n) is 2.67. The number of aryl methyl sites for hydroxylation is 1. The SMILES string of the molecule is COCC(N)C(=O)NC1CCN(C(=O)c2ccc(C)cc2)CC1. The highest BCUT2D eigenvalue weighted by Gasteiger charge is 2.25.